The van der Waals surface area contributed by atoms with Gasteiger partial charge in [-0.05, 0) is 36.5 Å². The monoisotopic (exact) mass is 285 g/mol. The van der Waals surface area contributed by atoms with Gasteiger partial charge in [-0.1, -0.05) is 36.6 Å². The van der Waals surface area contributed by atoms with Gasteiger partial charge in [-0.2, -0.15) is 13.2 Å². The molecule has 2 nitrogen and oxygen atoms in total. The van der Waals surface area contributed by atoms with Crippen LogP contribution in [0.5, 0.6) is 0 Å². The number of rotatable bonds is 4. The largest absolute Gasteiger partial charge is 0.416 e. The molecule has 0 bridgehead atoms. The fourth-order valence-electron chi connectivity index (χ4n) is 2.31. The Bertz CT molecular complexity index is 433. The van der Waals surface area contributed by atoms with Crippen LogP contribution in [0.1, 0.15) is 43.2 Å². The van der Waals surface area contributed by atoms with Gasteiger partial charge in [0.15, 0.2) is 0 Å². The Balaban J connectivity index is 1.77. The fourth-order valence-corrected chi connectivity index (χ4v) is 2.31. The number of alkyl halides is 3. The van der Waals surface area contributed by atoms with Gasteiger partial charge in [0.2, 0.25) is 0 Å². The van der Waals surface area contributed by atoms with Crippen LogP contribution in [0.2, 0.25) is 0 Å². The van der Waals surface area contributed by atoms with E-state index >= 15 is 0 Å². The van der Waals surface area contributed by atoms with Gasteiger partial charge in [-0.15, -0.1) is 0 Å². The second-order valence-corrected chi connectivity index (χ2v) is 5.12. The normalized spacial score (nSPS) is 17.6. The highest BCUT2D eigenvalue weighted by Crippen LogP contribution is 2.29. The molecule has 2 rings (SSSR count). The third kappa shape index (κ3) is 4.54. The zero-order chi connectivity index (χ0) is 14.4. The van der Waals surface area contributed by atoms with Crippen LogP contribution in [0.25, 0.3) is 0 Å². The minimum atomic E-state index is -4.29. The molecule has 1 aromatic carbocycles. The summed E-state index contributed by atoms with van der Waals surface area (Å²) >= 11 is 0. The van der Waals surface area contributed by atoms with E-state index in [-0.39, 0.29) is 6.61 Å². The maximum atomic E-state index is 12.4. The number of hydrogen-bond donors (Lipinski definition) is 0. The van der Waals surface area contributed by atoms with Crippen LogP contribution in [0.15, 0.2) is 29.4 Å². The fraction of sp³-hybridized carbons (Fsp3) is 0.533. The van der Waals surface area contributed by atoms with Crippen LogP contribution in [0.3, 0.4) is 0 Å². The van der Waals surface area contributed by atoms with Crippen LogP contribution in [0, 0.1) is 5.92 Å². The molecule has 0 saturated heterocycles. The number of hydrogen-bond acceptors (Lipinski definition) is 2. The molecular weight excluding hydrogens is 267 g/mol. The number of nitrogens with zero attached hydrogens (tertiary/aromatic N) is 1. The third-order valence-electron chi connectivity index (χ3n) is 3.51. The van der Waals surface area contributed by atoms with Crippen LogP contribution in [-0.2, 0) is 17.6 Å². The maximum absolute atomic E-state index is 12.4. The average Bonchev–Trinajstić information content (AvgIpc) is 2.44. The Hall–Kier alpha value is -1.52. The van der Waals surface area contributed by atoms with Gasteiger partial charge in [0.25, 0.3) is 0 Å². The minimum Gasteiger partial charge on any atom is -0.391 e. The second-order valence-electron chi connectivity index (χ2n) is 5.12. The van der Waals surface area contributed by atoms with E-state index in [2.05, 4.69) is 5.16 Å². The van der Waals surface area contributed by atoms with Gasteiger partial charge >= 0.3 is 6.18 Å². The first-order valence-corrected chi connectivity index (χ1v) is 6.87. The third-order valence-corrected chi connectivity index (χ3v) is 3.51. The van der Waals surface area contributed by atoms with E-state index in [0.29, 0.717) is 11.5 Å². The summed E-state index contributed by atoms with van der Waals surface area (Å²) in [4.78, 5) is 5.14. The lowest BCUT2D eigenvalue weighted by molar-refractivity contribution is -0.137. The van der Waals surface area contributed by atoms with Crippen molar-refractivity contribution in [2.24, 2.45) is 11.1 Å². The summed E-state index contributed by atoms with van der Waals surface area (Å²) in [5.41, 5.74) is 0.0331. The Kier molecular flexibility index (Phi) is 5.04. The van der Waals surface area contributed by atoms with Crippen molar-refractivity contribution < 1.29 is 18.0 Å². The average molecular weight is 285 g/mol. The summed E-state index contributed by atoms with van der Waals surface area (Å²) in [7, 11) is 0. The van der Waals surface area contributed by atoms with Crippen molar-refractivity contribution in [1.82, 2.24) is 0 Å². The first-order chi connectivity index (χ1) is 9.55. The van der Waals surface area contributed by atoms with Crippen molar-refractivity contribution >= 4 is 6.21 Å². The highest BCUT2D eigenvalue weighted by molar-refractivity contribution is 5.59. The lowest BCUT2D eigenvalue weighted by Gasteiger charge is -2.16. The molecule has 0 atom stereocenters. The summed E-state index contributed by atoms with van der Waals surface area (Å²) in [5.74, 6) is 0.483. The molecule has 0 heterocycles. The molecule has 0 aromatic heterocycles. The maximum Gasteiger partial charge on any atom is 0.416 e. The van der Waals surface area contributed by atoms with Crippen molar-refractivity contribution in [3.63, 3.8) is 0 Å². The van der Waals surface area contributed by atoms with Crippen molar-refractivity contribution in [1.29, 1.82) is 0 Å². The zero-order valence-corrected chi connectivity index (χ0v) is 11.2. The van der Waals surface area contributed by atoms with E-state index in [4.69, 9.17) is 4.84 Å². The summed E-state index contributed by atoms with van der Waals surface area (Å²) in [6, 6.07) is 4.95. The molecule has 0 aliphatic heterocycles. The predicted molar refractivity (Wildman–Crippen MR) is 71.3 cm³/mol. The van der Waals surface area contributed by atoms with Crippen LogP contribution in [0.4, 0.5) is 13.2 Å². The van der Waals surface area contributed by atoms with E-state index in [1.54, 1.807) is 0 Å². The Morgan fingerprint density at radius 2 is 1.75 bits per heavy atom. The first kappa shape index (κ1) is 14.9. The summed E-state index contributed by atoms with van der Waals surface area (Å²) < 4.78 is 37.1. The molecule has 1 saturated carbocycles. The van der Waals surface area contributed by atoms with Crippen molar-refractivity contribution in [2.75, 3.05) is 0 Å². The molecule has 5 heteroatoms. The molecule has 1 aliphatic rings. The zero-order valence-electron chi connectivity index (χ0n) is 11.2. The number of benzene rings is 1. The van der Waals surface area contributed by atoms with Crippen LogP contribution in [-0.4, -0.2) is 6.21 Å². The highest BCUT2D eigenvalue weighted by Gasteiger charge is 2.29. The van der Waals surface area contributed by atoms with E-state index in [0.717, 1.165) is 25.0 Å². The van der Waals surface area contributed by atoms with Crippen molar-refractivity contribution in [3.8, 4) is 0 Å². The van der Waals surface area contributed by atoms with Gasteiger partial charge in [-0.25, -0.2) is 0 Å². The molecule has 0 N–H and O–H groups in total. The Labute approximate surface area is 116 Å². The number of oxime groups is 1. The van der Waals surface area contributed by atoms with Gasteiger partial charge in [-0.3, -0.25) is 0 Å². The smallest absolute Gasteiger partial charge is 0.391 e. The van der Waals surface area contributed by atoms with Gasteiger partial charge in [0.1, 0.15) is 6.61 Å². The second kappa shape index (κ2) is 6.77. The van der Waals surface area contributed by atoms with Gasteiger partial charge < -0.3 is 4.84 Å². The summed E-state index contributed by atoms with van der Waals surface area (Å²) in [6.45, 7) is 0.196. The lowest BCUT2D eigenvalue weighted by Crippen LogP contribution is -2.07. The van der Waals surface area contributed by atoms with E-state index in [9.17, 15) is 13.2 Å². The van der Waals surface area contributed by atoms with Crippen LogP contribution >= 0.6 is 0 Å². The highest BCUT2D eigenvalue weighted by atomic mass is 19.4. The Morgan fingerprint density at radius 1 is 1.10 bits per heavy atom. The van der Waals surface area contributed by atoms with Crippen LogP contribution < -0.4 is 0 Å². The topological polar surface area (TPSA) is 21.6 Å². The number of halogens is 3. The summed E-state index contributed by atoms with van der Waals surface area (Å²) in [6.07, 6.45) is 3.57. The summed E-state index contributed by atoms with van der Waals surface area (Å²) in [5, 5.41) is 3.91. The van der Waals surface area contributed by atoms with E-state index in [1.807, 2.05) is 6.21 Å². The van der Waals surface area contributed by atoms with Crippen molar-refractivity contribution in [3.05, 3.63) is 35.4 Å². The quantitative estimate of drug-likeness (QED) is 0.576. The Morgan fingerprint density at radius 3 is 2.35 bits per heavy atom. The predicted octanol–water partition coefficient (Wildman–Crippen LogP) is 4.79. The molecule has 0 radical (unpaired) electrons. The first-order valence-electron chi connectivity index (χ1n) is 6.87. The van der Waals surface area contributed by atoms with Gasteiger partial charge in [0.05, 0.1) is 5.56 Å². The molecule has 20 heavy (non-hydrogen) atoms. The minimum absolute atomic E-state index is 0.196. The van der Waals surface area contributed by atoms with E-state index < -0.39 is 11.7 Å². The molecule has 1 aliphatic carbocycles. The SMILES string of the molecule is FC(F)(F)c1ccc(CON=CC2CCCCC2)cc1. The standard InChI is InChI=1S/C15H18F3NO/c16-15(17,18)14-8-6-13(7-9-14)11-20-19-10-12-4-2-1-3-5-12/h6-10,12H,1-5,11H2. The molecule has 1 aromatic rings. The molecule has 1 fully saturated rings. The van der Waals surface area contributed by atoms with Gasteiger partial charge in [0, 0.05) is 6.21 Å². The molecular formula is C15H18F3NO. The molecule has 110 valence electrons. The van der Waals surface area contributed by atoms with E-state index in [1.165, 1.54) is 31.4 Å². The molecule has 0 spiro atoms. The molecule has 0 amide bonds. The lowest BCUT2D eigenvalue weighted by atomic mass is 9.90. The van der Waals surface area contributed by atoms with Crippen molar-refractivity contribution in [2.45, 2.75) is 44.9 Å². The molecule has 0 unspecified atom stereocenters.